The molecule has 0 saturated heterocycles. The van der Waals surface area contributed by atoms with E-state index in [-0.39, 0.29) is 0 Å². The predicted octanol–water partition coefficient (Wildman–Crippen LogP) is 1.71. The molecule has 0 amide bonds. The van der Waals surface area contributed by atoms with Gasteiger partial charge in [0.25, 0.3) is 0 Å². The number of hydrogen-bond donors (Lipinski definition) is 0. The van der Waals surface area contributed by atoms with Gasteiger partial charge < -0.3 is 0 Å². The molecule has 0 bridgehead atoms. The van der Waals surface area contributed by atoms with Crippen LogP contribution in [0.4, 0.5) is 0 Å². The molecule has 1 heterocycles. The fourth-order valence-electron chi connectivity index (χ4n) is 0.628. The fourth-order valence-corrected chi connectivity index (χ4v) is 1.34. The molecule has 0 aromatic heterocycles. The second-order valence-corrected chi connectivity index (χ2v) is 2.65. The molecule has 1 aliphatic rings. The molecule has 0 aliphatic carbocycles. The van der Waals surface area contributed by atoms with Crippen LogP contribution in [0.3, 0.4) is 0 Å². The van der Waals surface area contributed by atoms with Gasteiger partial charge in [-0.15, -0.1) is 11.8 Å². The maximum atomic E-state index is 4.06. The molecule has 0 N–H and O–H groups in total. The van der Waals surface area contributed by atoms with Gasteiger partial charge in [0.15, 0.2) is 0 Å². The Balaban J connectivity index is 2.56. The molecule has 1 nitrogen and oxygen atoms in total. The molecule has 0 fully saturated rings. The van der Waals surface area contributed by atoms with Crippen molar-refractivity contribution in [2.24, 2.45) is 4.99 Å². The van der Waals surface area contributed by atoms with Crippen molar-refractivity contribution in [3.63, 3.8) is 0 Å². The lowest BCUT2D eigenvalue weighted by atomic mass is 10.3. The Labute approximate surface area is 53.9 Å². The highest BCUT2D eigenvalue weighted by Crippen LogP contribution is 2.11. The number of nitrogens with zero attached hydrogens (tertiary/aromatic N) is 1. The first-order valence-electron chi connectivity index (χ1n) is 2.67. The van der Waals surface area contributed by atoms with Gasteiger partial charge >= 0.3 is 0 Å². The Hall–Kier alpha value is -0.240. The molecule has 2 heteroatoms. The molecule has 0 aromatic rings. The van der Waals surface area contributed by atoms with Gasteiger partial charge in [-0.25, -0.2) is 0 Å². The van der Waals surface area contributed by atoms with Crippen molar-refractivity contribution in [3.8, 4) is 0 Å². The summed E-state index contributed by atoms with van der Waals surface area (Å²) in [4.78, 5) is 4.06. The smallest absolute Gasteiger partial charge is 0.0358 e. The minimum Gasteiger partial charge on any atom is -0.293 e. The van der Waals surface area contributed by atoms with Crippen LogP contribution in [0.25, 0.3) is 0 Å². The van der Waals surface area contributed by atoms with Crippen molar-refractivity contribution >= 4 is 17.5 Å². The summed E-state index contributed by atoms with van der Waals surface area (Å²) in [7, 11) is 1.84. The van der Waals surface area contributed by atoms with Gasteiger partial charge in [0, 0.05) is 18.5 Å². The first-order chi connectivity index (χ1) is 3.93. The van der Waals surface area contributed by atoms with Crippen LogP contribution in [-0.4, -0.2) is 18.5 Å². The Morgan fingerprint density at radius 1 is 1.75 bits per heavy atom. The fraction of sp³-hybridized carbons (Fsp3) is 0.500. The highest BCUT2D eigenvalue weighted by molar-refractivity contribution is 8.02. The van der Waals surface area contributed by atoms with Gasteiger partial charge in [0.2, 0.25) is 0 Å². The molecule has 1 aliphatic heterocycles. The summed E-state index contributed by atoms with van der Waals surface area (Å²) >= 11 is 1.85. The summed E-state index contributed by atoms with van der Waals surface area (Å²) in [5, 5.41) is 2.10. The van der Waals surface area contributed by atoms with E-state index in [1.807, 2.05) is 18.8 Å². The maximum absolute atomic E-state index is 4.06. The second kappa shape index (κ2) is 2.92. The predicted molar refractivity (Wildman–Crippen MR) is 39.6 cm³/mol. The molecule has 44 valence electrons. The summed E-state index contributed by atoms with van der Waals surface area (Å²) in [5.41, 5.74) is 1.23. The lowest BCUT2D eigenvalue weighted by Crippen LogP contribution is -1.98. The topological polar surface area (TPSA) is 12.4 Å². The van der Waals surface area contributed by atoms with Gasteiger partial charge in [-0.05, 0) is 17.9 Å². The molecule has 1 rings (SSSR count). The average molecular weight is 127 g/mol. The quantitative estimate of drug-likeness (QED) is 0.482. The zero-order valence-electron chi connectivity index (χ0n) is 4.92. The second-order valence-electron chi connectivity index (χ2n) is 1.64. The van der Waals surface area contributed by atoms with Gasteiger partial charge in [-0.2, -0.15) is 0 Å². The molecule has 0 spiro atoms. The van der Waals surface area contributed by atoms with Crippen LogP contribution < -0.4 is 0 Å². The number of hydrogen-bond acceptors (Lipinski definition) is 2. The van der Waals surface area contributed by atoms with Crippen LogP contribution in [0.5, 0.6) is 0 Å². The lowest BCUT2D eigenvalue weighted by molar-refractivity contribution is 1.27. The van der Waals surface area contributed by atoms with Gasteiger partial charge in [-0.1, -0.05) is 0 Å². The number of thioether (sulfide) groups is 1. The van der Waals surface area contributed by atoms with Crippen LogP contribution in [0, 0.1) is 0 Å². The molecule has 0 aromatic carbocycles. The van der Waals surface area contributed by atoms with E-state index in [1.165, 1.54) is 11.5 Å². The van der Waals surface area contributed by atoms with E-state index in [0.29, 0.717) is 0 Å². The molecule has 8 heavy (non-hydrogen) atoms. The summed E-state index contributed by atoms with van der Waals surface area (Å²) in [6.45, 7) is 0. The largest absolute Gasteiger partial charge is 0.293 e. The van der Waals surface area contributed by atoms with Crippen LogP contribution in [0.15, 0.2) is 16.5 Å². The summed E-state index contributed by atoms with van der Waals surface area (Å²) < 4.78 is 0. The Morgan fingerprint density at radius 2 is 2.62 bits per heavy atom. The van der Waals surface area contributed by atoms with Crippen LogP contribution in [0.2, 0.25) is 0 Å². The zero-order valence-corrected chi connectivity index (χ0v) is 5.74. The number of allylic oxidation sites excluding steroid dienone is 1. The molecule has 0 atom stereocenters. The summed E-state index contributed by atoms with van der Waals surface area (Å²) in [6.07, 6.45) is 3.21. The Bertz CT molecular complexity index is 126. The van der Waals surface area contributed by atoms with Crippen LogP contribution in [-0.2, 0) is 0 Å². The third-order valence-corrected chi connectivity index (χ3v) is 1.89. The maximum Gasteiger partial charge on any atom is 0.0358 e. The van der Waals surface area contributed by atoms with Crippen molar-refractivity contribution in [2.75, 3.05) is 12.8 Å². The Kier molecular flexibility index (Phi) is 2.15. The van der Waals surface area contributed by atoms with Crippen molar-refractivity contribution in [2.45, 2.75) is 6.42 Å². The van der Waals surface area contributed by atoms with E-state index in [0.717, 1.165) is 6.42 Å². The third-order valence-electron chi connectivity index (χ3n) is 1.12. The molecule has 0 radical (unpaired) electrons. The van der Waals surface area contributed by atoms with Crippen molar-refractivity contribution in [3.05, 3.63) is 11.5 Å². The minimum atomic E-state index is 1.14. The van der Waals surface area contributed by atoms with Crippen LogP contribution in [0.1, 0.15) is 6.42 Å². The van der Waals surface area contributed by atoms with E-state index in [2.05, 4.69) is 16.5 Å². The van der Waals surface area contributed by atoms with Gasteiger partial charge in [-0.3, -0.25) is 4.99 Å². The monoisotopic (exact) mass is 127 g/mol. The van der Waals surface area contributed by atoms with E-state index >= 15 is 0 Å². The first-order valence-corrected chi connectivity index (χ1v) is 3.72. The van der Waals surface area contributed by atoms with Crippen LogP contribution >= 0.6 is 11.8 Å². The van der Waals surface area contributed by atoms with Gasteiger partial charge in [0.1, 0.15) is 0 Å². The SMILES string of the molecule is CN=C1C=CSCC1. The van der Waals surface area contributed by atoms with Gasteiger partial charge in [0.05, 0.1) is 0 Å². The molecular formula is C6H9NS. The third kappa shape index (κ3) is 1.37. The van der Waals surface area contributed by atoms with E-state index in [1.54, 1.807) is 0 Å². The van der Waals surface area contributed by atoms with E-state index in [4.69, 9.17) is 0 Å². The molecule has 0 unspecified atom stereocenters. The lowest BCUT2D eigenvalue weighted by Gasteiger charge is -2.02. The standard InChI is InChI=1S/C6H9NS/c1-7-6-2-4-8-5-3-6/h2,4H,3,5H2,1H3. The van der Waals surface area contributed by atoms with E-state index < -0.39 is 0 Å². The number of rotatable bonds is 0. The zero-order chi connectivity index (χ0) is 5.82. The highest BCUT2D eigenvalue weighted by Gasteiger charge is 1.96. The van der Waals surface area contributed by atoms with Crippen molar-refractivity contribution < 1.29 is 0 Å². The molecular weight excluding hydrogens is 118 g/mol. The summed E-state index contributed by atoms with van der Waals surface area (Å²) in [6, 6.07) is 0. The molecule has 0 saturated carbocycles. The van der Waals surface area contributed by atoms with Crippen molar-refractivity contribution in [1.82, 2.24) is 0 Å². The summed E-state index contributed by atoms with van der Waals surface area (Å²) in [5.74, 6) is 1.20. The first kappa shape index (κ1) is 5.89. The number of aliphatic imine (C=N–C) groups is 1. The Morgan fingerprint density at radius 3 is 3.00 bits per heavy atom. The minimum absolute atomic E-state index is 1.14. The highest BCUT2D eigenvalue weighted by atomic mass is 32.2. The van der Waals surface area contributed by atoms with E-state index in [9.17, 15) is 0 Å². The normalized spacial score (nSPS) is 24.4. The average Bonchev–Trinajstić information content (AvgIpc) is 1.90. The van der Waals surface area contributed by atoms with Crippen molar-refractivity contribution in [1.29, 1.82) is 0 Å².